The number of imidazole rings is 2. The van der Waals surface area contributed by atoms with Crippen LogP contribution in [-0.2, 0) is 18.9 Å². The molecule has 4 aromatic heterocycles. The van der Waals surface area contributed by atoms with Gasteiger partial charge in [-0.3, -0.25) is 9.13 Å². The maximum absolute atomic E-state index is 12.6. The molecule has 8 atom stereocenters. The van der Waals surface area contributed by atoms with E-state index in [0.29, 0.717) is 81.7 Å². The molecule has 0 spiro atoms. The number of methoxy groups -OCH3 is 2. The minimum atomic E-state index is -1.30. The van der Waals surface area contributed by atoms with Crippen LogP contribution in [0.15, 0.2) is 61.2 Å². The van der Waals surface area contributed by atoms with E-state index in [4.69, 9.17) is 41.9 Å². The number of aliphatic hydroxyl groups is 6. The number of hydrogen-bond donors (Lipinski definition) is 8. The van der Waals surface area contributed by atoms with Gasteiger partial charge in [-0.1, -0.05) is 13.3 Å². The Bertz CT molecular complexity index is 3350. The second kappa shape index (κ2) is 29.1. The molecule has 448 valence electrons. The van der Waals surface area contributed by atoms with Gasteiger partial charge in [-0.25, -0.2) is 49.1 Å². The molecule has 10 rings (SSSR count). The minimum absolute atomic E-state index is 0. The lowest BCUT2D eigenvalue weighted by atomic mass is 9.94. The van der Waals surface area contributed by atoms with Crippen molar-refractivity contribution >= 4 is 80.7 Å². The van der Waals surface area contributed by atoms with Crippen molar-refractivity contribution in [3.05, 3.63) is 82.0 Å². The minimum Gasteiger partial charge on any atom is -0.465 e. The lowest BCUT2D eigenvalue weighted by molar-refractivity contribution is -0.0511. The number of rotatable bonds is 10. The molecule has 6 aromatic rings. The molecular weight excluding hydrogens is 1210 g/mol. The van der Waals surface area contributed by atoms with Crippen LogP contribution >= 0.6 is 22.6 Å². The monoisotopic (exact) mass is 1280 g/mol. The van der Waals surface area contributed by atoms with Crippen molar-refractivity contribution in [2.24, 2.45) is 11.8 Å². The quantitative estimate of drug-likeness (QED) is 0.0422. The number of nitrogens with two attached hydrogens (primary N) is 2. The van der Waals surface area contributed by atoms with Gasteiger partial charge in [0.15, 0.2) is 39.2 Å². The number of carbonyl (C=O) groups excluding carboxylic acids is 4. The van der Waals surface area contributed by atoms with Crippen molar-refractivity contribution in [1.29, 1.82) is 0 Å². The van der Waals surface area contributed by atoms with Crippen molar-refractivity contribution < 1.29 is 78.2 Å². The predicted octanol–water partition coefficient (Wildman–Crippen LogP) is 2.43. The van der Waals surface area contributed by atoms with Crippen LogP contribution in [0.4, 0.5) is 21.2 Å². The van der Waals surface area contributed by atoms with Crippen molar-refractivity contribution in [2.45, 2.75) is 95.0 Å². The number of esters is 2. The third-order valence-electron chi connectivity index (χ3n) is 14.2. The summed E-state index contributed by atoms with van der Waals surface area (Å²) in [5, 5.41) is 58.8. The van der Waals surface area contributed by atoms with Gasteiger partial charge < -0.3 is 80.3 Å². The Morgan fingerprint density at radius 3 is 1.46 bits per heavy atom. The van der Waals surface area contributed by atoms with Crippen LogP contribution < -0.4 is 20.9 Å². The van der Waals surface area contributed by atoms with E-state index in [1.165, 1.54) is 48.1 Å². The molecular formula is C55H65IN12O16. The third kappa shape index (κ3) is 14.9. The van der Waals surface area contributed by atoms with Crippen molar-refractivity contribution in [2.75, 3.05) is 65.1 Å². The maximum Gasteiger partial charge on any atom is 0.415 e. The Hall–Kier alpha value is -7.85. The highest BCUT2D eigenvalue weighted by molar-refractivity contribution is 14.1. The van der Waals surface area contributed by atoms with E-state index in [9.17, 15) is 44.7 Å². The van der Waals surface area contributed by atoms with Gasteiger partial charge in [-0.15, -0.1) is 12.3 Å². The number of fused-ring (bicyclic) bond motifs is 2. The number of ether oxygens (including phenoxy) is 6. The zero-order chi connectivity index (χ0) is 59.5. The summed E-state index contributed by atoms with van der Waals surface area (Å²) in [4.78, 5) is 76.0. The average Bonchev–Trinajstić information content (AvgIpc) is 2.53. The van der Waals surface area contributed by atoms with Crippen molar-refractivity contribution in [3.63, 3.8) is 0 Å². The number of amides is 2. The van der Waals surface area contributed by atoms with Crippen LogP contribution in [-0.4, -0.2) is 194 Å². The molecule has 0 saturated carbocycles. The number of terminal acetylenes is 1. The molecule has 2 aromatic carbocycles. The molecule has 84 heavy (non-hydrogen) atoms. The summed E-state index contributed by atoms with van der Waals surface area (Å²) < 4.78 is 34.4. The number of piperidine rings is 2. The van der Waals surface area contributed by atoms with E-state index in [2.05, 4.69) is 57.1 Å². The second-order valence-corrected chi connectivity index (χ2v) is 20.4. The third-order valence-corrected chi connectivity index (χ3v) is 14.6. The van der Waals surface area contributed by atoms with E-state index >= 15 is 0 Å². The fourth-order valence-corrected chi connectivity index (χ4v) is 9.95. The first-order chi connectivity index (χ1) is 39.9. The van der Waals surface area contributed by atoms with Crippen LogP contribution in [0.5, 0.6) is 11.5 Å². The van der Waals surface area contributed by atoms with Crippen LogP contribution in [0, 0.1) is 39.9 Å². The highest BCUT2D eigenvalue weighted by Crippen LogP contribution is 2.34. The van der Waals surface area contributed by atoms with E-state index < -0.39 is 80.3 Å². The highest BCUT2D eigenvalue weighted by atomic mass is 127. The lowest BCUT2D eigenvalue weighted by Crippen LogP contribution is -2.40. The fourth-order valence-electron chi connectivity index (χ4n) is 9.46. The Labute approximate surface area is 495 Å². The van der Waals surface area contributed by atoms with E-state index in [1.54, 1.807) is 46.2 Å². The van der Waals surface area contributed by atoms with Gasteiger partial charge in [0, 0.05) is 61.6 Å². The zero-order valence-electron chi connectivity index (χ0n) is 44.9. The van der Waals surface area contributed by atoms with E-state index in [0.717, 1.165) is 32.1 Å². The van der Waals surface area contributed by atoms with Gasteiger partial charge in [-0.05, 0) is 92.0 Å². The number of benzene rings is 2. The van der Waals surface area contributed by atoms with E-state index in [-0.39, 0.29) is 42.5 Å². The number of halogens is 1. The van der Waals surface area contributed by atoms with Gasteiger partial charge in [0.1, 0.15) is 59.2 Å². The molecule has 0 radical (unpaired) electrons. The molecule has 10 N–H and O–H groups in total. The van der Waals surface area contributed by atoms with Gasteiger partial charge >= 0.3 is 24.1 Å². The first-order valence-electron chi connectivity index (χ1n) is 26.1. The molecule has 4 aliphatic rings. The first-order valence-corrected chi connectivity index (χ1v) is 27.2. The molecule has 0 aliphatic carbocycles. The van der Waals surface area contributed by atoms with Gasteiger partial charge in [0.05, 0.1) is 51.2 Å². The topological polar surface area (TPSA) is 391 Å². The van der Waals surface area contributed by atoms with Crippen molar-refractivity contribution in [3.8, 4) is 35.7 Å². The number of nitrogen functional groups attached to an aromatic ring is 2. The number of carbonyl (C=O) groups is 4. The summed E-state index contributed by atoms with van der Waals surface area (Å²) in [6.07, 6.45) is 3.23. The fraction of sp³-hybridized carbons (Fsp3) is 0.455. The standard InChI is InChI=1S/C27H30N6O8.C17H19NO4.C10H12IN5O4.CH4/c1-39-26(37)16-5-7-17(8-6-16)40-27(38)32-11-9-15(10-12-32)3-2-4-19-30-23(28)20-24(31-19)33(14-29-20)25-22(36)21(35)18(13-34)41-25;1-3-4-13-9-11-18(12-10-13)17(20)22-15-7-5-14(6-8-15)16(19)21-2;11-10-14-7(12)4-8(15-10)16(2-13-4)9-6(19)5(18)3(1-17)20-9;/h5-8,14-15,18,21-22,25,34-36H,3,9-13H2,1H3,(H2,28,30,31);1,5-8,13H,4,9-12H2,2H3;2-3,5-6,9,17-19H,1H2,(H2,12,14,15);1H4/t18-,21+,22?,25-;;3-,5+,6?,9-;/m1.1./s1. The summed E-state index contributed by atoms with van der Waals surface area (Å²) in [5.41, 5.74) is 14.0. The van der Waals surface area contributed by atoms with Gasteiger partial charge in [0.2, 0.25) is 5.82 Å². The van der Waals surface area contributed by atoms with Crippen LogP contribution in [0.2, 0.25) is 0 Å². The largest absolute Gasteiger partial charge is 0.465 e. The number of hydrogen-bond acceptors (Lipinski definition) is 24. The summed E-state index contributed by atoms with van der Waals surface area (Å²) in [6.45, 7) is 1.50. The average molecular weight is 1280 g/mol. The summed E-state index contributed by atoms with van der Waals surface area (Å²) in [7, 11) is 2.62. The highest BCUT2D eigenvalue weighted by Gasteiger charge is 2.45. The molecule has 29 heteroatoms. The number of nitrogens with zero attached hydrogens (tertiary/aromatic N) is 10. The molecule has 0 bridgehead atoms. The number of likely N-dealkylation sites (tertiary alicyclic amines) is 2. The Morgan fingerprint density at radius 2 is 1.06 bits per heavy atom. The number of aliphatic hydroxyl groups excluding tert-OH is 6. The van der Waals surface area contributed by atoms with Gasteiger partial charge in [-0.2, -0.15) is 0 Å². The number of aromatic nitrogens is 8. The molecule has 4 saturated heterocycles. The Balaban J connectivity index is 0.000000198. The van der Waals surface area contributed by atoms with E-state index in [1.807, 2.05) is 22.6 Å². The van der Waals surface area contributed by atoms with Crippen LogP contribution in [0.25, 0.3) is 22.3 Å². The second-order valence-electron chi connectivity index (χ2n) is 19.5. The molecule has 4 aliphatic heterocycles. The SMILES string of the molecule is C.C#CCC1CCN(C(=O)Oc2ccc(C(=O)OC)cc2)CC1.COC(=O)c1ccc(OC(=O)N2CCC(CC#Cc3nc(N)c4ncn([C@@H]5O[C@H](CO)[C@H](O)C5O)c4n3)CC2)cc1.Nc1nc(I)nc2c1ncn2[C@@H]1O[C@H](CO)[C@H](O)C1O. The maximum atomic E-state index is 12.6. The summed E-state index contributed by atoms with van der Waals surface area (Å²) >= 11 is 1.92. The van der Waals surface area contributed by atoms with Crippen LogP contribution in [0.3, 0.4) is 0 Å². The van der Waals surface area contributed by atoms with Crippen LogP contribution in [0.1, 0.15) is 84.9 Å². The summed E-state index contributed by atoms with van der Waals surface area (Å²) in [5.74, 6) is 9.81. The molecule has 8 heterocycles. The molecule has 2 amide bonds. The first kappa shape index (κ1) is 63.7. The van der Waals surface area contributed by atoms with Gasteiger partial charge in [0.25, 0.3) is 0 Å². The molecule has 2 unspecified atom stereocenters. The normalized spacial score (nSPS) is 22.2. The Kier molecular flexibility index (Phi) is 22.1. The molecule has 28 nitrogen and oxygen atoms in total. The predicted molar refractivity (Wildman–Crippen MR) is 306 cm³/mol. The number of anilines is 2. The summed E-state index contributed by atoms with van der Waals surface area (Å²) in [6, 6.07) is 12.4. The smallest absolute Gasteiger partial charge is 0.415 e. The Morgan fingerprint density at radius 1 is 0.643 bits per heavy atom. The lowest BCUT2D eigenvalue weighted by Gasteiger charge is -2.30. The zero-order valence-corrected chi connectivity index (χ0v) is 47.0. The van der Waals surface area contributed by atoms with Crippen molar-refractivity contribution in [1.82, 2.24) is 48.8 Å². The molecule has 4 fully saturated rings.